The molecule has 2 saturated heterocycles. The first-order chi connectivity index (χ1) is 14.6. The van der Waals surface area contributed by atoms with Crippen LogP contribution in [0.1, 0.15) is 50.0 Å². The predicted octanol–water partition coefficient (Wildman–Crippen LogP) is 2.00. The van der Waals surface area contributed by atoms with Crippen LogP contribution in [0, 0.1) is 0 Å². The predicted molar refractivity (Wildman–Crippen MR) is 109 cm³/mol. The summed E-state index contributed by atoms with van der Waals surface area (Å²) in [7, 11) is 0. The average molecular weight is 415 g/mol. The topological polar surface area (TPSA) is 77.1 Å². The monoisotopic (exact) mass is 414 g/mol. The van der Waals surface area contributed by atoms with Crippen LogP contribution in [0.2, 0.25) is 0 Å². The van der Waals surface area contributed by atoms with Gasteiger partial charge in [0.2, 0.25) is 11.8 Å². The number of hydrogen-bond donors (Lipinski definition) is 1. The van der Waals surface area contributed by atoms with Crippen molar-refractivity contribution >= 4 is 11.8 Å². The number of morpholine rings is 1. The zero-order valence-corrected chi connectivity index (χ0v) is 17.3. The van der Waals surface area contributed by atoms with Gasteiger partial charge in [-0.25, -0.2) is 0 Å². The van der Waals surface area contributed by atoms with E-state index < -0.39 is 5.54 Å². The Labute approximate surface area is 177 Å². The van der Waals surface area contributed by atoms with E-state index in [4.69, 9.17) is 14.2 Å². The number of rotatable bonds is 0. The Morgan fingerprint density at radius 2 is 1.93 bits per heavy atom. The van der Waals surface area contributed by atoms with Crippen molar-refractivity contribution in [3.05, 3.63) is 29.8 Å². The number of nitrogens with one attached hydrogen (secondary N) is 1. The van der Waals surface area contributed by atoms with Gasteiger partial charge in [-0.2, -0.15) is 0 Å². The minimum Gasteiger partial charge on any atom is -0.493 e. The lowest BCUT2D eigenvalue weighted by Crippen LogP contribution is -2.65. The third kappa shape index (κ3) is 3.69. The molecule has 1 spiro atoms. The van der Waals surface area contributed by atoms with E-state index in [9.17, 15) is 9.59 Å². The molecule has 1 aromatic rings. The first-order valence-electron chi connectivity index (χ1n) is 11.2. The van der Waals surface area contributed by atoms with Gasteiger partial charge in [-0.1, -0.05) is 18.2 Å². The lowest BCUT2D eigenvalue weighted by Gasteiger charge is -2.41. The molecular formula is C23H30N2O5. The van der Waals surface area contributed by atoms with Gasteiger partial charge in [0.25, 0.3) is 0 Å². The van der Waals surface area contributed by atoms with Gasteiger partial charge in [0.1, 0.15) is 12.4 Å². The summed E-state index contributed by atoms with van der Waals surface area (Å²) in [5, 5.41) is 3.13. The number of para-hydroxylation sites is 1. The number of carbonyl (C=O) groups is 2. The summed E-state index contributed by atoms with van der Waals surface area (Å²) >= 11 is 0. The molecule has 0 radical (unpaired) electrons. The Morgan fingerprint density at radius 1 is 1.10 bits per heavy atom. The molecule has 2 bridgehead atoms. The van der Waals surface area contributed by atoms with Crippen molar-refractivity contribution < 1.29 is 23.8 Å². The third-order valence-corrected chi connectivity index (χ3v) is 7.21. The Kier molecular flexibility index (Phi) is 5.41. The maximum Gasteiger partial charge on any atom is 0.246 e. The maximum atomic E-state index is 13.1. The second kappa shape index (κ2) is 8.19. The van der Waals surface area contributed by atoms with E-state index in [0.29, 0.717) is 45.1 Å². The highest BCUT2D eigenvalue weighted by Gasteiger charge is 2.52. The van der Waals surface area contributed by atoms with Crippen molar-refractivity contribution in [3.8, 4) is 5.75 Å². The summed E-state index contributed by atoms with van der Waals surface area (Å²) < 4.78 is 18.0. The van der Waals surface area contributed by atoms with Crippen LogP contribution in [-0.2, 0) is 19.1 Å². The Morgan fingerprint density at radius 3 is 2.77 bits per heavy atom. The molecule has 2 amide bonds. The number of amides is 2. The molecule has 2 unspecified atom stereocenters. The molecular weight excluding hydrogens is 384 g/mol. The van der Waals surface area contributed by atoms with Crippen molar-refractivity contribution in [1.82, 2.24) is 10.2 Å². The SMILES string of the molecule is O=C1COCC2(CCN3C(=O)CCOc4ccccc4C4CCC(CC4)OCC32)N1. The summed E-state index contributed by atoms with van der Waals surface area (Å²) in [6.45, 7) is 1.89. The van der Waals surface area contributed by atoms with E-state index in [1.54, 1.807) is 0 Å². The number of fused-ring (bicyclic) bond motifs is 6. The molecule has 1 aliphatic carbocycles. The van der Waals surface area contributed by atoms with Crippen molar-refractivity contribution in [2.45, 2.75) is 62.1 Å². The minimum atomic E-state index is -0.549. The van der Waals surface area contributed by atoms with Crippen molar-refractivity contribution in [2.24, 2.45) is 0 Å². The van der Waals surface area contributed by atoms with Crippen LogP contribution in [0.15, 0.2) is 24.3 Å². The molecule has 1 saturated carbocycles. The number of ether oxygens (including phenoxy) is 3. The van der Waals surface area contributed by atoms with E-state index in [-0.39, 0.29) is 30.6 Å². The fourth-order valence-corrected chi connectivity index (χ4v) is 5.59. The Bertz CT molecular complexity index is 807. The third-order valence-electron chi connectivity index (χ3n) is 7.21. The first-order valence-corrected chi connectivity index (χ1v) is 11.2. The van der Waals surface area contributed by atoms with Crippen LogP contribution in [0.5, 0.6) is 5.75 Å². The van der Waals surface area contributed by atoms with Crippen molar-refractivity contribution in [2.75, 3.05) is 33.0 Å². The lowest BCUT2D eigenvalue weighted by atomic mass is 9.82. The van der Waals surface area contributed by atoms with Gasteiger partial charge in [0, 0.05) is 6.54 Å². The Hall–Kier alpha value is -2.12. The number of hydrogen-bond acceptors (Lipinski definition) is 5. The molecule has 7 heteroatoms. The molecule has 162 valence electrons. The van der Waals surface area contributed by atoms with Crippen LogP contribution in [-0.4, -0.2) is 67.4 Å². The molecule has 1 N–H and O–H groups in total. The minimum absolute atomic E-state index is 0.0417. The maximum absolute atomic E-state index is 13.1. The molecule has 5 aliphatic rings. The summed E-state index contributed by atoms with van der Waals surface area (Å²) in [6, 6.07) is 8.01. The normalized spacial score (nSPS) is 34.7. The second-order valence-electron chi connectivity index (χ2n) is 8.99. The van der Waals surface area contributed by atoms with E-state index in [2.05, 4.69) is 17.4 Å². The average Bonchev–Trinajstić information content (AvgIpc) is 3.09. The molecule has 4 heterocycles. The van der Waals surface area contributed by atoms with E-state index >= 15 is 0 Å². The fourth-order valence-electron chi connectivity index (χ4n) is 5.59. The lowest BCUT2D eigenvalue weighted by molar-refractivity contribution is -0.143. The van der Waals surface area contributed by atoms with Crippen LogP contribution in [0.4, 0.5) is 0 Å². The van der Waals surface area contributed by atoms with Gasteiger partial charge in [0.05, 0.1) is 43.9 Å². The first kappa shape index (κ1) is 19.8. The van der Waals surface area contributed by atoms with Gasteiger partial charge >= 0.3 is 0 Å². The molecule has 7 nitrogen and oxygen atoms in total. The molecule has 0 aromatic heterocycles. The Balaban J connectivity index is 1.40. The summed E-state index contributed by atoms with van der Waals surface area (Å²) in [5.74, 6) is 1.30. The van der Waals surface area contributed by atoms with Gasteiger partial charge < -0.3 is 24.4 Å². The fraction of sp³-hybridized carbons (Fsp3) is 0.652. The highest BCUT2D eigenvalue weighted by Crippen LogP contribution is 2.39. The van der Waals surface area contributed by atoms with Crippen LogP contribution in [0.3, 0.4) is 0 Å². The molecule has 1 aromatic carbocycles. The molecule has 30 heavy (non-hydrogen) atoms. The van der Waals surface area contributed by atoms with Gasteiger partial charge in [-0.3, -0.25) is 9.59 Å². The van der Waals surface area contributed by atoms with Gasteiger partial charge in [0.15, 0.2) is 0 Å². The van der Waals surface area contributed by atoms with Crippen LogP contribution >= 0.6 is 0 Å². The zero-order valence-electron chi connectivity index (χ0n) is 17.3. The van der Waals surface area contributed by atoms with Gasteiger partial charge in [-0.05, 0) is 49.7 Å². The standard InChI is InChI=1S/C23H30N2O5/c26-21-14-28-15-23(24-21)10-11-25-20(23)13-30-17-7-5-16(6-8-17)18-3-1-2-4-19(18)29-12-9-22(25)27/h1-4,16-17,20H,5-15H2,(H,24,26). The second-order valence-corrected chi connectivity index (χ2v) is 8.99. The molecule has 3 fully saturated rings. The summed E-state index contributed by atoms with van der Waals surface area (Å²) in [4.78, 5) is 27.0. The van der Waals surface area contributed by atoms with E-state index in [0.717, 1.165) is 31.4 Å². The van der Waals surface area contributed by atoms with E-state index in [1.807, 2.05) is 17.0 Å². The molecule has 2 atom stereocenters. The van der Waals surface area contributed by atoms with Gasteiger partial charge in [-0.15, -0.1) is 0 Å². The molecule has 6 rings (SSSR count). The number of carbonyl (C=O) groups excluding carboxylic acids is 2. The largest absolute Gasteiger partial charge is 0.493 e. The van der Waals surface area contributed by atoms with Crippen molar-refractivity contribution in [3.63, 3.8) is 0 Å². The highest BCUT2D eigenvalue weighted by atomic mass is 16.5. The van der Waals surface area contributed by atoms with Crippen LogP contribution in [0.25, 0.3) is 0 Å². The zero-order chi connectivity index (χ0) is 20.6. The summed E-state index contributed by atoms with van der Waals surface area (Å²) in [6.07, 6.45) is 5.32. The highest BCUT2D eigenvalue weighted by molar-refractivity contribution is 5.80. The van der Waals surface area contributed by atoms with Crippen LogP contribution < -0.4 is 10.1 Å². The number of benzene rings is 1. The summed E-state index contributed by atoms with van der Waals surface area (Å²) in [5.41, 5.74) is 0.702. The molecule has 4 aliphatic heterocycles. The van der Waals surface area contributed by atoms with Crippen molar-refractivity contribution in [1.29, 1.82) is 0 Å². The smallest absolute Gasteiger partial charge is 0.246 e. The van der Waals surface area contributed by atoms with E-state index in [1.165, 1.54) is 5.56 Å². The quantitative estimate of drug-likeness (QED) is 0.703. The number of nitrogens with zero attached hydrogens (tertiary/aromatic N) is 1.